The number of benzene rings is 1. The molecule has 0 aliphatic carbocycles. The molecule has 1 heterocycles. The zero-order chi connectivity index (χ0) is 9.97. The average Bonchev–Trinajstić information content (AvgIpc) is 2.64. The van der Waals surface area contributed by atoms with Gasteiger partial charge in [-0.3, -0.25) is 0 Å². The Hall–Kier alpha value is -0.860. The molecule has 1 N–H and O–H groups in total. The Kier molecular flexibility index (Phi) is 2.85. The summed E-state index contributed by atoms with van der Waals surface area (Å²) in [5, 5.41) is 3.49. The quantitative estimate of drug-likeness (QED) is 0.742. The summed E-state index contributed by atoms with van der Waals surface area (Å²) < 4.78 is 12.9. The molecule has 0 fully saturated rings. The molecule has 0 amide bonds. The molecule has 1 aliphatic rings. The minimum Gasteiger partial charge on any atom is -0.307 e. The van der Waals surface area contributed by atoms with E-state index in [0.29, 0.717) is 6.04 Å². The molecule has 0 aromatic heterocycles. The summed E-state index contributed by atoms with van der Waals surface area (Å²) in [6.07, 6.45) is 5.07. The van der Waals surface area contributed by atoms with Crippen molar-refractivity contribution in [1.29, 1.82) is 0 Å². The Morgan fingerprint density at radius 1 is 1.50 bits per heavy atom. The molecule has 0 saturated heterocycles. The van der Waals surface area contributed by atoms with Crippen LogP contribution in [0.3, 0.4) is 0 Å². The Balaban J connectivity index is 2.09. The van der Waals surface area contributed by atoms with E-state index in [1.165, 1.54) is 6.07 Å². The van der Waals surface area contributed by atoms with Gasteiger partial charge in [0.1, 0.15) is 5.82 Å². The first-order valence-electron chi connectivity index (χ1n) is 4.59. The van der Waals surface area contributed by atoms with Gasteiger partial charge in [0.15, 0.2) is 0 Å². The minimum atomic E-state index is -0.356. The zero-order valence-electron chi connectivity index (χ0n) is 7.63. The van der Waals surface area contributed by atoms with E-state index in [4.69, 9.17) is 11.6 Å². The van der Waals surface area contributed by atoms with E-state index in [0.717, 1.165) is 18.5 Å². The molecule has 0 spiro atoms. The van der Waals surface area contributed by atoms with E-state index < -0.39 is 0 Å². The second-order valence-corrected chi connectivity index (χ2v) is 3.80. The molecule has 1 nitrogen and oxygen atoms in total. The summed E-state index contributed by atoms with van der Waals surface area (Å²) >= 11 is 5.69. The maximum absolute atomic E-state index is 12.9. The molecule has 1 aromatic carbocycles. The van der Waals surface area contributed by atoms with Crippen molar-refractivity contribution in [3.8, 4) is 0 Å². The lowest BCUT2D eigenvalue weighted by Gasteiger charge is -2.09. The van der Waals surface area contributed by atoms with E-state index in [9.17, 15) is 4.39 Å². The lowest BCUT2D eigenvalue weighted by molar-refractivity contribution is 0.624. The second-order valence-electron chi connectivity index (χ2n) is 3.40. The third-order valence-corrected chi connectivity index (χ3v) is 2.60. The maximum Gasteiger partial charge on any atom is 0.141 e. The van der Waals surface area contributed by atoms with Gasteiger partial charge in [-0.25, -0.2) is 4.39 Å². The Labute approximate surface area is 87.6 Å². The fourth-order valence-electron chi connectivity index (χ4n) is 1.58. The summed E-state index contributed by atoms with van der Waals surface area (Å²) in [6, 6.07) is 5.23. The van der Waals surface area contributed by atoms with Crippen LogP contribution < -0.4 is 5.32 Å². The molecular weight excluding hydrogens is 201 g/mol. The number of hydrogen-bond donors (Lipinski definition) is 1. The summed E-state index contributed by atoms with van der Waals surface area (Å²) in [5.74, 6) is -0.356. The maximum atomic E-state index is 12.9. The Bertz CT molecular complexity index is 362. The van der Waals surface area contributed by atoms with Crippen LogP contribution in [0, 0.1) is 5.82 Å². The van der Waals surface area contributed by atoms with Crippen molar-refractivity contribution in [3.63, 3.8) is 0 Å². The van der Waals surface area contributed by atoms with Crippen LogP contribution >= 0.6 is 11.6 Å². The van der Waals surface area contributed by atoms with Crippen LogP contribution in [0.25, 0.3) is 0 Å². The van der Waals surface area contributed by atoms with Gasteiger partial charge in [-0.15, -0.1) is 0 Å². The van der Waals surface area contributed by atoms with Crippen LogP contribution in [0.4, 0.5) is 4.39 Å². The summed E-state index contributed by atoms with van der Waals surface area (Å²) in [6.45, 7) is 0.916. The van der Waals surface area contributed by atoms with Gasteiger partial charge in [-0.1, -0.05) is 29.8 Å². The van der Waals surface area contributed by atoms with Crippen molar-refractivity contribution in [2.24, 2.45) is 0 Å². The highest BCUT2D eigenvalue weighted by Crippen LogP contribution is 2.17. The third kappa shape index (κ3) is 2.14. The molecule has 0 bridgehead atoms. The summed E-state index contributed by atoms with van der Waals surface area (Å²) in [7, 11) is 0. The van der Waals surface area contributed by atoms with Crippen molar-refractivity contribution in [1.82, 2.24) is 5.32 Å². The predicted octanol–water partition coefficient (Wildman–Crippen LogP) is 2.55. The first-order chi connectivity index (χ1) is 6.75. The third-order valence-electron chi connectivity index (χ3n) is 2.31. The van der Waals surface area contributed by atoms with Gasteiger partial charge in [0.25, 0.3) is 0 Å². The number of halogens is 2. The highest BCUT2D eigenvalue weighted by atomic mass is 35.5. The molecule has 1 aromatic rings. The highest BCUT2D eigenvalue weighted by molar-refractivity contribution is 6.30. The van der Waals surface area contributed by atoms with Crippen LogP contribution in [0.1, 0.15) is 5.56 Å². The normalized spacial score (nSPS) is 20.3. The largest absolute Gasteiger partial charge is 0.307 e. The van der Waals surface area contributed by atoms with Gasteiger partial charge in [0.05, 0.1) is 5.02 Å². The van der Waals surface area contributed by atoms with E-state index in [-0.39, 0.29) is 10.8 Å². The first kappa shape index (κ1) is 9.69. The van der Waals surface area contributed by atoms with Crippen molar-refractivity contribution in [3.05, 3.63) is 46.8 Å². The first-order valence-corrected chi connectivity index (χ1v) is 4.97. The van der Waals surface area contributed by atoms with Gasteiger partial charge in [-0.2, -0.15) is 0 Å². The fraction of sp³-hybridized carbons (Fsp3) is 0.273. The molecule has 0 saturated carbocycles. The molecule has 14 heavy (non-hydrogen) atoms. The molecule has 1 unspecified atom stereocenters. The molecule has 3 heteroatoms. The van der Waals surface area contributed by atoms with Gasteiger partial charge in [0.2, 0.25) is 0 Å². The summed E-state index contributed by atoms with van der Waals surface area (Å²) in [4.78, 5) is 0. The van der Waals surface area contributed by atoms with Crippen LogP contribution in [-0.2, 0) is 6.42 Å². The van der Waals surface area contributed by atoms with Gasteiger partial charge < -0.3 is 5.32 Å². The van der Waals surface area contributed by atoms with Crippen LogP contribution in [0.5, 0.6) is 0 Å². The Morgan fingerprint density at radius 2 is 2.36 bits per heavy atom. The topological polar surface area (TPSA) is 12.0 Å². The van der Waals surface area contributed by atoms with Gasteiger partial charge in [-0.05, 0) is 24.1 Å². The van der Waals surface area contributed by atoms with Gasteiger partial charge >= 0.3 is 0 Å². The molecular formula is C11H11ClFN. The fourth-order valence-corrected chi connectivity index (χ4v) is 1.78. The monoisotopic (exact) mass is 211 g/mol. The van der Waals surface area contributed by atoms with Crippen LogP contribution in [-0.4, -0.2) is 12.6 Å². The smallest absolute Gasteiger partial charge is 0.141 e. The van der Waals surface area contributed by atoms with Crippen molar-refractivity contribution in [2.45, 2.75) is 12.5 Å². The molecule has 74 valence electrons. The van der Waals surface area contributed by atoms with E-state index in [2.05, 4.69) is 17.5 Å². The van der Waals surface area contributed by atoms with E-state index in [1.807, 2.05) is 0 Å². The number of rotatable bonds is 2. The molecule has 1 aliphatic heterocycles. The summed E-state index contributed by atoms with van der Waals surface area (Å²) in [5.41, 5.74) is 1.06. The van der Waals surface area contributed by atoms with Crippen LogP contribution in [0.15, 0.2) is 30.4 Å². The molecule has 0 radical (unpaired) electrons. The van der Waals surface area contributed by atoms with Gasteiger partial charge in [0, 0.05) is 12.6 Å². The average molecular weight is 212 g/mol. The zero-order valence-corrected chi connectivity index (χ0v) is 8.39. The SMILES string of the molecule is Fc1ccc(CC2C=CCN2)cc1Cl. The number of nitrogens with one attached hydrogen (secondary N) is 1. The number of hydrogen-bond acceptors (Lipinski definition) is 1. The lowest BCUT2D eigenvalue weighted by atomic mass is 10.1. The lowest BCUT2D eigenvalue weighted by Crippen LogP contribution is -2.24. The highest BCUT2D eigenvalue weighted by Gasteiger charge is 2.09. The molecule has 2 rings (SSSR count). The minimum absolute atomic E-state index is 0.199. The Morgan fingerprint density at radius 3 is 3.00 bits per heavy atom. The van der Waals surface area contributed by atoms with Crippen LogP contribution in [0.2, 0.25) is 5.02 Å². The molecule has 1 atom stereocenters. The van der Waals surface area contributed by atoms with Crippen molar-refractivity contribution < 1.29 is 4.39 Å². The second kappa shape index (κ2) is 4.11. The van der Waals surface area contributed by atoms with Crippen molar-refractivity contribution in [2.75, 3.05) is 6.54 Å². The van der Waals surface area contributed by atoms with Crippen molar-refractivity contribution >= 4 is 11.6 Å². The predicted molar refractivity (Wildman–Crippen MR) is 56.0 cm³/mol. The standard InChI is InChI=1S/C11H11ClFN/c12-10-7-8(3-4-11(10)13)6-9-2-1-5-14-9/h1-4,7,9,14H,5-6H2. The van der Waals surface area contributed by atoms with E-state index >= 15 is 0 Å². The van der Waals surface area contributed by atoms with E-state index in [1.54, 1.807) is 12.1 Å².